The first-order chi connectivity index (χ1) is 12.5. The van der Waals surface area contributed by atoms with Gasteiger partial charge in [0.1, 0.15) is 18.4 Å². The fourth-order valence-electron chi connectivity index (χ4n) is 2.20. The Balaban J connectivity index is 1.93. The van der Waals surface area contributed by atoms with Crippen LogP contribution < -0.4 is 10.1 Å². The minimum Gasteiger partial charge on any atom is -0.487 e. The molecule has 0 radical (unpaired) electrons. The third kappa shape index (κ3) is 6.03. The highest BCUT2D eigenvalue weighted by atomic mass is 32.2. The Morgan fingerprint density at radius 3 is 2.62 bits per heavy atom. The van der Waals surface area contributed by atoms with Crippen LogP contribution in [-0.2, 0) is 16.1 Å². The number of carbonyl (C=O) groups excluding carboxylic acids is 2. The molecule has 0 saturated carbocycles. The molecule has 140 valence electrons. The van der Waals surface area contributed by atoms with Crippen LogP contribution in [-0.4, -0.2) is 42.0 Å². The standard InChI is InChI=1S/C18H22N2O4S2/c1-12-19-14(11-26-12)10-24-15-6-4-13(5-7-15)17(21)20-16(8-9-25-3)18(22)23-2/h4-7,11,16H,8-10H2,1-3H3,(H,20,21)/t16-/m0/s1. The van der Waals surface area contributed by atoms with Crippen LogP contribution in [0.4, 0.5) is 0 Å². The van der Waals surface area contributed by atoms with Crippen LogP contribution in [0, 0.1) is 6.92 Å². The molecule has 1 aromatic heterocycles. The number of nitrogens with zero attached hydrogens (tertiary/aromatic N) is 1. The van der Waals surface area contributed by atoms with Crippen molar-refractivity contribution >= 4 is 35.0 Å². The minimum atomic E-state index is -0.649. The summed E-state index contributed by atoms with van der Waals surface area (Å²) >= 11 is 3.19. The van der Waals surface area contributed by atoms with E-state index < -0.39 is 12.0 Å². The van der Waals surface area contributed by atoms with Crippen LogP contribution in [0.5, 0.6) is 5.75 Å². The SMILES string of the molecule is COC(=O)[C@H](CCSC)NC(=O)c1ccc(OCc2csc(C)n2)cc1. The first-order valence-electron chi connectivity index (χ1n) is 8.05. The van der Waals surface area contributed by atoms with Gasteiger partial charge in [0.2, 0.25) is 0 Å². The number of hydrogen-bond donors (Lipinski definition) is 1. The molecule has 1 heterocycles. The van der Waals surface area contributed by atoms with Crippen molar-refractivity contribution in [2.24, 2.45) is 0 Å². The van der Waals surface area contributed by atoms with Crippen LogP contribution in [0.1, 0.15) is 27.5 Å². The molecule has 2 aromatic rings. The molecule has 0 aliphatic carbocycles. The number of methoxy groups -OCH3 is 1. The zero-order valence-corrected chi connectivity index (χ0v) is 16.6. The summed E-state index contributed by atoms with van der Waals surface area (Å²) in [6.45, 7) is 2.33. The van der Waals surface area contributed by atoms with E-state index in [4.69, 9.17) is 9.47 Å². The molecule has 1 atom stereocenters. The third-order valence-electron chi connectivity index (χ3n) is 3.57. The average molecular weight is 395 g/mol. The number of ether oxygens (including phenoxy) is 2. The predicted molar refractivity (Wildman–Crippen MR) is 104 cm³/mol. The van der Waals surface area contributed by atoms with Gasteiger partial charge in [0.15, 0.2) is 0 Å². The lowest BCUT2D eigenvalue weighted by atomic mass is 10.1. The molecule has 8 heteroatoms. The zero-order chi connectivity index (χ0) is 18.9. The Morgan fingerprint density at radius 1 is 1.31 bits per heavy atom. The molecule has 1 aromatic carbocycles. The molecule has 0 fully saturated rings. The summed E-state index contributed by atoms with van der Waals surface area (Å²) in [5.41, 5.74) is 1.34. The van der Waals surface area contributed by atoms with E-state index in [2.05, 4.69) is 10.3 Å². The number of rotatable bonds is 9. The van der Waals surface area contributed by atoms with E-state index in [1.807, 2.05) is 18.6 Å². The van der Waals surface area contributed by atoms with Crippen LogP contribution in [0.25, 0.3) is 0 Å². The highest BCUT2D eigenvalue weighted by Gasteiger charge is 2.21. The normalized spacial score (nSPS) is 11.7. The van der Waals surface area contributed by atoms with Crippen LogP contribution in [0.15, 0.2) is 29.6 Å². The monoisotopic (exact) mass is 394 g/mol. The van der Waals surface area contributed by atoms with E-state index >= 15 is 0 Å². The van der Waals surface area contributed by atoms with Gasteiger partial charge in [0, 0.05) is 10.9 Å². The number of carbonyl (C=O) groups is 2. The summed E-state index contributed by atoms with van der Waals surface area (Å²) in [5.74, 6) is 0.649. The largest absolute Gasteiger partial charge is 0.487 e. The number of thioether (sulfide) groups is 1. The van der Waals surface area contributed by atoms with Crippen molar-refractivity contribution in [1.29, 1.82) is 0 Å². The molecule has 0 saturated heterocycles. The van der Waals surface area contributed by atoms with E-state index in [-0.39, 0.29) is 5.91 Å². The van der Waals surface area contributed by atoms with Crippen molar-refractivity contribution in [2.45, 2.75) is 26.0 Å². The van der Waals surface area contributed by atoms with Gasteiger partial charge in [-0.1, -0.05) is 0 Å². The second kappa shape index (κ2) is 10.2. The van der Waals surface area contributed by atoms with Gasteiger partial charge >= 0.3 is 5.97 Å². The van der Waals surface area contributed by atoms with E-state index in [0.29, 0.717) is 24.3 Å². The summed E-state index contributed by atoms with van der Waals surface area (Å²) in [5, 5.41) is 5.68. The summed E-state index contributed by atoms with van der Waals surface area (Å²) < 4.78 is 10.4. The molecule has 6 nitrogen and oxygen atoms in total. The smallest absolute Gasteiger partial charge is 0.328 e. The Kier molecular flexibility index (Phi) is 7.93. The number of esters is 1. The second-order valence-electron chi connectivity index (χ2n) is 5.50. The number of thiazole rings is 1. The van der Waals surface area contributed by atoms with Gasteiger partial charge < -0.3 is 14.8 Å². The van der Waals surface area contributed by atoms with E-state index in [1.165, 1.54) is 7.11 Å². The molecular formula is C18H22N2O4S2. The van der Waals surface area contributed by atoms with E-state index in [0.717, 1.165) is 16.5 Å². The Hall–Kier alpha value is -2.06. The highest BCUT2D eigenvalue weighted by Crippen LogP contribution is 2.16. The minimum absolute atomic E-state index is 0.317. The topological polar surface area (TPSA) is 77.5 Å². The van der Waals surface area contributed by atoms with Crippen LogP contribution in [0.3, 0.4) is 0 Å². The van der Waals surface area contributed by atoms with Gasteiger partial charge in [0.05, 0.1) is 17.8 Å². The van der Waals surface area contributed by atoms with Gasteiger partial charge in [-0.2, -0.15) is 11.8 Å². The number of aromatic nitrogens is 1. The van der Waals surface area contributed by atoms with Crippen molar-refractivity contribution in [2.75, 3.05) is 19.1 Å². The first-order valence-corrected chi connectivity index (χ1v) is 10.3. The van der Waals surface area contributed by atoms with Gasteiger partial charge in [-0.15, -0.1) is 11.3 Å². The Morgan fingerprint density at radius 2 is 2.04 bits per heavy atom. The summed E-state index contributed by atoms with van der Waals surface area (Å²) in [4.78, 5) is 28.5. The number of amides is 1. The highest BCUT2D eigenvalue weighted by molar-refractivity contribution is 7.98. The quantitative estimate of drug-likeness (QED) is 0.659. The van der Waals surface area contributed by atoms with Crippen molar-refractivity contribution in [1.82, 2.24) is 10.3 Å². The maximum absolute atomic E-state index is 12.4. The van der Waals surface area contributed by atoms with Gasteiger partial charge in [-0.3, -0.25) is 4.79 Å². The molecule has 26 heavy (non-hydrogen) atoms. The van der Waals surface area contributed by atoms with E-state index in [1.54, 1.807) is 47.4 Å². The van der Waals surface area contributed by atoms with E-state index in [9.17, 15) is 9.59 Å². The predicted octanol–water partition coefficient (Wildman–Crippen LogP) is 3.06. The molecule has 0 aliphatic heterocycles. The van der Waals surface area contributed by atoms with Crippen molar-refractivity contribution in [3.8, 4) is 5.75 Å². The second-order valence-corrected chi connectivity index (χ2v) is 7.55. The maximum atomic E-state index is 12.4. The Bertz CT molecular complexity index is 731. The number of hydrogen-bond acceptors (Lipinski definition) is 7. The van der Waals surface area contributed by atoms with Crippen molar-refractivity contribution in [3.05, 3.63) is 45.9 Å². The first kappa shape index (κ1) is 20.3. The van der Waals surface area contributed by atoms with Gasteiger partial charge in [-0.05, 0) is 49.6 Å². The lowest BCUT2D eigenvalue weighted by Crippen LogP contribution is -2.41. The molecule has 0 unspecified atom stereocenters. The Labute approximate surface area is 161 Å². The van der Waals surface area contributed by atoms with Gasteiger partial charge in [-0.25, -0.2) is 9.78 Å². The lowest BCUT2D eigenvalue weighted by molar-refractivity contribution is -0.142. The number of nitrogens with one attached hydrogen (secondary N) is 1. The molecule has 1 amide bonds. The summed E-state index contributed by atoms with van der Waals surface area (Å²) in [6, 6.07) is 6.13. The summed E-state index contributed by atoms with van der Waals surface area (Å²) in [7, 11) is 1.32. The molecular weight excluding hydrogens is 372 g/mol. The number of benzene rings is 1. The fraction of sp³-hybridized carbons (Fsp3) is 0.389. The number of aryl methyl sites for hydroxylation is 1. The molecule has 2 rings (SSSR count). The maximum Gasteiger partial charge on any atom is 0.328 e. The van der Waals surface area contributed by atoms with Gasteiger partial charge in [0.25, 0.3) is 5.91 Å². The zero-order valence-electron chi connectivity index (χ0n) is 15.0. The van der Waals surface area contributed by atoms with Crippen molar-refractivity contribution < 1.29 is 19.1 Å². The van der Waals surface area contributed by atoms with Crippen molar-refractivity contribution in [3.63, 3.8) is 0 Å². The average Bonchev–Trinajstić information content (AvgIpc) is 3.08. The lowest BCUT2D eigenvalue weighted by Gasteiger charge is -2.16. The fourth-order valence-corrected chi connectivity index (χ4v) is 3.27. The summed E-state index contributed by atoms with van der Waals surface area (Å²) in [6.07, 6.45) is 2.47. The van der Waals surface area contributed by atoms with Crippen LogP contribution >= 0.6 is 23.1 Å². The third-order valence-corrected chi connectivity index (χ3v) is 5.04. The molecule has 0 aliphatic rings. The van der Waals surface area contributed by atoms with Crippen LogP contribution in [0.2, 0.25) is 0 Å². The molecule has 0 spiro atoms. The molecule has 1 N–H and O–H groups in total. The molecule has 0 bridgehead atoms.